The van der Waals surface area contributed by atoms with Gasteiger partial charge in [0.1, 0.15) is 0 Å². The molecule has 0 aliphatic rings. The molecule has 0 radical (unpaired) electrons. The van der Waals surface area contributed by atoms with E-state index in [0.29, 0.717) is 21.6 Å². The molecule has 7 nitrogen and oxygen atoms in total. The van der Waals surface area contributed by atoms with Gasteiger partial charge in [-0.2, -0.15) is 0 Å². The van der Waals surface area contributed by atoms with Gasteiger partial charge in [0.2, 0.25) is 5.91 Å². The highest BCUT2D eigenvalue weighted by atomic mass is 127. The third-order valence-corrected chi connectivity index (χ3v) is 6.66. The molecule has 0 saturated carbocycles. The fourth-order valence-electron chi connectivity index (χ4n) is 2.94. The summed E-state index contributed by atoms with van der Waals surface area (Å²) in [4.78, 5) is 25.0. The molecule has 32 heavy (non-hydrogen) atoms. The van der Waals surface area contributed by atoms with Gasteiger partial charge in [-0.25, -0.2) is 0 Å². The molecule has 10 heteroatoms. The van der Waals surface area contributed by atoms with Gasteiger partial charge < -0.3 is 15.2 Å². The molecule has 0 bridgehead atoms. The highest BCUT2D eigenvalue weighted by Gasteiger charge is 2.25. The van der Waals surface area contributed by atoms with Gasteiger partial charge in [-0.05, 0) is 77.0 Å². The maximum Gasteiger partial charge on any atom is 0.251 e. The zero-order valence-corrected chi connectivity index (χ0v) is 21.5. The van der Waals surface area contributed by atoms with Crippen molar-refractivity contribution in [1.29, 1.82) is 0 Å². The Hall–Kier alpha value is -2.11. The van der Waals surface area contributed by atoms with Crippen LogP contribution in [-0.4, -0.2) is 32.3 Å². The Morgan fingerprint density at radius 3 is 2.38 bits per heavy atom. The number of carbonyl (C=O) groups excluding carboxylic acids is 2. The molecule has 0 fully saturated rings. The van der Waals surface area contributed by atoms with E-state index in [9.17, 15) is 9.59 Å². The van der Waals surface area contributed by atoms with E-state index in [2.05, 4.69) is 43.4 Å². The number of carbonyl (C=O) groups is 2. The van der Waals surface area contributed by atoms with Crippen molar-refractivity contribution in [3.63, 3.8) is 0 Å². The summed E-state index contributed by atoms with van der Waals surface area (Å²) in [5.74, 6) is 0.562. The lowest BCUT2D eigenvalue weighted by Crippen LogP contribution is -2.33. The first-order valence-corrected chi connectivity index (χ1v) is 12.3. The monoisotopic (exact) mass is 583 g/mol. The Labute approximate surface area is 209 Å². The van der Waals surface area contributed by atoms with Crippen LogP contribution in [0, 0.1) is 9.49 Å². The van der Waals surface area contributed by atoms with Crippen molar-refractivity contribution >= 4 is 63.5 Å². The zero-order chi connectivity index (χ0) is 23.3. The second-order valence-electron chi connectivity index (χ2n) is 7.45. The maximum atomic E-state index is 12.7. The topological polar surface area (TPSA) is 88.9 Å². The van der Waals surface area contributed by atoms with Crippen LogP contribution < -0.4 is 10.6 Å². The van der Waals surface area contributed by atoms with Crippen molar-refractivity contribution in [3.05, 3.63) is 68.5 Å². The second-order valence-corrected chi connectivity index (χ2v) is 10.1. The highest BCUT2D eigenvalue weighted by Crippen LogP contribution is 2.25. The summed E-state index contributed by atoms with van der Waals surface area (Å²) >= 11 is 9.42. The summed E-state index contributed by atoms with van der Waals surface area (Å²) < 4.78 is 2.92. The predicted molar refractivity (Wildman–Crippen MR) is 136 cm³/mol. The summed E-state index contributed by atoms with van der Waals surface area (Å²) in [7, 11) is 1.83. The average Bonchev–Trinajstić information content (AvgIpc) is 3.12. The maximum absolute atomic E-state index is 12.7. The van der Waals surface area contributed by atoms with Crippen LogP contribution in [0.2, 0.25) is 5.02 Å². The Kier molecular flexibility index (Phi) is 8.55. The molecule has 0 aliphatic heterocycles. The quantitative estimate of drug-likeness (QED) is 0.290. The summed E-state index contributed by atoms with van der Waals surface area (Å²) in [6, 6.07) is 14.0. The van der Waals surface area contributed by atoms with Gasteiger partial charge in [-0.1, -0.05) is 37.2 Å². The summed E-state index contributed by atoms with van der Waals surface area (Å²) in [6.07, 6.45) is 0. The van der Waals surface area contributed by atoms with Crippen LogP contribution in [0.4, 0.5) is 5.69 Å². The third-order valence-electron chi connectivity index (χ3n) is 4.67. The SMILES string of the molecule is CC(C)C(NC(=O)c1ccc(Cl)cc1)c1nnc(SCC(=O)Nc2ccc(I)cc2)n1C. The van der Waals surface area contributed by atoms with Gasteiger partial charge in [0.25, 0.3) is 5.91 Å². The number of anilines is 1. The number of halogens is 2. The second kappa shape index (κ2) is 11.2. The van der Waals surface area contributed by atoms with E-state index in [4.69, 9.17) is 11.6 Å². The van der Waals surface area contributed by atoms with Gasteiger partial charge in [-0.15, -0.1) is 10.2 Å². The number of rotatable bonds is 8. The molecule has 0 spiro atoms. The van der Waals surface area contributed by atoms with E-state index in [1.54, 1.807) is 24.3 Å². The van der Waals surface area contributed by atoms with Gasteiger partial charge in [0, 0.05) is 26.9 Å². The molecule has 0 aliphatic carbocycles. The van der Waals surface area contributed by atoms with Gasteiger partial charge in [-0.3, -0.25) is 9.59 Å². The Balaban J connectivity index is 1.65. The fourth-order valence-corrected chi connectivity index (χ4v) is 4.14. The van der Waals surface area contributed by atoms with Crippen LogP contribution in [0.1, 0.15) is 36.1 Å². The number of aromatic nitrogens is 3. The van der Waals surface area contributed by atoms with Crippen LogP contribution in [0.5, 0.6) is 0 Å². The van der Waals surface area contributed by atoms with Crippen molar-refractivity contribution in [3.8, 4) is 0 Å². The number of nitrogens with one attached hydrogen (secondary N) is 2. The number of hydrogen-bond donors (Lipinski definition) is 2. The Morgan fingerprint density at radius 1 is 1.09 bits per heavy atom. The summed E-state index contributed by atoms with van der Waals surface area (Å²) in [5.41, 5.74) is 1.27. The molecule has 1 unspecified atom stereocenters. The lowest BCUT2D eigenvalue weighted by Gasteiger charge is -2.21. The van der Waals surface area contributed by atoms with Crippen molar-refractivity contribution in [2.75, 3.05) is 11.1 Å². The Bertz CT molecular complexity index is 1090. The van der Waals surface area contributed by atoms with Crippen molar-refractivity contribution in [1.82, 2.24) is 20.1 Å². The highest BCUT2D eigenvalue weighted by molar-refractivity contribution is 14.1. The zero-order valence-electron chi connectivity index (χ0n) is 17.8. The third kappa shape index (κ3) is 6.46. The van der Waals surface area contributed by atoms with Crippen LogP contribution in [0.3, 0.4) is 0 Å². The standard InChI is InChI=1S/C22H23ClIN5O2S/c1-13(2)19(26-21(31)14-4-6-15(23)7-5-14)20-27-28-22(29(20)3)32-12-18(30)25-17-10-8-16(24)9-11-17/h4-11,13,19H,12H2,1-3H3,(H,25,30)(H,26,31). The first kappa shape index (κ1) is 24.5. The van der Waals surface area contributed by atoms with Crippen molar-refractivity contribution in [2.24, 2.45) is 13.0 Å². The normalized spacial score (nSPS) is 11.9. The fraction of sp³-hybridized carbons (Fsp3) is 0.273. The lowest BCUT2D eigenvalue weighted by atomic mass is 10.0. The molecule has 168 valence electrons. The van der Waals surface area contributed by atoms with Gasteiger partial charge in [0.05, 0.1) is 11.8 Å². The molecule has 2 aromatic carbocycles. The van der Waals surface area contributed by atoms with Crippen LogP contribution in [0.25, 0.3) is 0 Å². The molecule has 3 aromatic rings. The number of hydrogen-bond acceptors (Lipinski definition) is 5. The molecule has 1 heterocycles. The molecule has 3 rings (SSSR count). The van der Waals surface area contributed by atoms with Crippen LogP contribution >= 0.6 is 46.0 Å². The van der Waals surface area contributed by atoms with Crippen molar-refractivity contribution in [2.45, 2.75) is 25.0 Å². The molecule has 1 aromatic heterocycles. The number of benzene rings is 2. The smallest absolute Gasteiger partial charge is 0.251 e. The first-order valence-electron chi connectivity index (χ1n) is 9.88. The van der Waals surface area contributed by atoms with Crippen LogP contribution in [0.15, 0.2) is 53.7 Å². The van der Waals surface area contributed by atoms with E-state index in [-0.39, 0.29) is 29.5 Å². The van der Waals surface area contributed by atoms with E-state index < -0.39 is 0 Å². The van der Waals surface area contributed by atoms with Crippen LogP contribution in [-0.2, 0) is 11.8 Å². The minimum atomic E-state index is -0.342. The molecule has 2 amide bonds. The van der Waals surface area contributed by atoms with Crippen molar-refractivity contribution < 1.29 is 9.59 Å². The van der Waals surface area contributed by atoms with E-state index in [1.807, 2.05) is 49.7 Å². The van der Waals surface area contributed by atoms with Gasteiger partial charge >= 0.3 is 0 Å². The number of nitrogens with zero attached hydrogens (tertiary/aromatic N) is 3. The van der Waals surface area contributed by atoms with Gasteiger partial charge in [0.15, 0.2) is 11.0 Å². The predicted octanol–water partition coefficient (Wildman–Crippen LogP) is 4.93. The molecule has 0 saturated heterocycles. The molecule has 2 N–H and O–H groups in total. The molecular formula is C22H23ClIN5O2S. The summed E-state index contributed by atoms with van der Waals surface area (Å²) in [5, 5.41) is 15.6. The van der Waals surface area contributed by atoms with E-state index in [0.717, 1.165) is 9.26 Å². The summed E-state index contributed by atoms with van der Waals surface area (Å²) in [6.45, 7) is 4.01. The minimum absolute atomic E-state index is 0.0798. The average molecular weight is 584 g/mol. The number of thioether (sulfide) groups is 1. The molecule has 1 atom stereocenters. The minimum Gasteiger partial charge on any atom is -0.342 e. The van der Waals surface area contributed by atoms with E-state index >= 15 is 0 Å². The first-order chi connectivity index (χ1) is 15.2. The largest absolute Gasteiger partial charge is 0.342 e. The van der Waals surface area contributed by atoms with E-state index in [1.165, 1.54) is 11.8 Å². The number of amides is 2. The Morgan fingerprint density at radius 2 is 1.75 bits per heavy atom. The molecular weight excluding hydrogens is 561 g/mol. The lowest BCUT2D eigenvalue weighted by molar-refractivity contribution is -0.113.